The molecule has 0 fully saturated rings. The molecule has 1 atom stereocenters. The van der Waals surface area contributed by atoms with Gasteiger partial charge in [0.1, 0.15) is 0 Å². The highest BCUT2D eigenvalue weighted by Crippen LogP contribution is 2.30. The molecule has 0 spiro atoms. The number of hydrogen-bond donors (Lipinski definition) is 0. The van der Waals surface area contributed by atoms with E-state index < -0.39 is 12.1 Å². The predicted molar refractivity (Wildman–Crippen MR) is 121 cm³/mol. The number of amides is 3. The average Bonchev–Trinajstić information content (AvgIpc) is 2.73. The lowest BCUT2D eigenvalue weighted by atomic mass is 9.94. The van der Waals surface area contributed by atoms with E-state index in [0.717, 1.165) is 5.39 Å². The molecule has 0 aromatic heterocycles. The van der Waals surface area contributed by atoms with Gasteiger partial charge < -0.3 is 9.64 Å². The number of carbonyl (C=O) groups excluding carboxylic acids is 4. The molecule has 170 valence electrons. The molecule has 3 rings (SSSR count). The quantitative estimate of drug-likeness (QED) is 0.462. The maximum absolute atomic E-state index is 12.9. The third kappa shape index (κ3) is 4.52. The van der Waals surface area contributed by atoms with Gasteiger partial charge in [0.15, 0.2) is 6.10 Å². The van der Waals surface area contributed by atoms with Gasteiger partial charge in [0.25, 0.3) is 17.7 Å². The van der Waals surface area contributed by atoms with Gasteiger partial charge in [-0.25, -0.2) is 0 Å². The fraction of sp³-hybridized carbons (Fsp3) is 0.440. The topological polar surface area (TPSA) is 84.0 Å². The Morgan fingerprint density at radius 2 is 1.44 bits per heavy atom. The molecule has 0 bridgehead atoms. The number of benzene rings is 2. The van der Waals surface area contributed by atoms with Crippen LogP contribution in [0.3, 0.4) is 0 Å². The summed E-state index contributed by atoms with van der Waals surface area (Å²) < 4.78 is 5.32. The van der Waals surface area contributed by atoms with Crippen LogP contribution in [0.2, 0.25) is 0 Å². The van der Waals surface area contributed by atoms with Crippen LogP contribution in [0.25, 0.3) is 10.8 Å². The van der Waals surface area contributed by atoms with Crippen LogP contribution >= 0.6 is 0 Å². The average molecular weight is 439 g/mol. The molecular formula is C25H30N2O5. The van der Waals surface area contributed by atoms with Gasteiger partial charge in [-0.05, 0) is 58.6 Å². The molecule has 32 heavy (non-hydrogen) atoms. The van der Waals surface area contributed by atoms with Crippen LogP contribution in [0.15, 0.2) is 36.4 Å². The number of hydrogen-bond acceptors (Lipinski definition) is 5. The van der Waals surface area contributed by atoms with E-state index in [0.29, 0.717) is 16.5 Å². The van der Waals surface area contributed by atoms with Gasteiger partial charge in [0, 0.05) is 41.6 Å². The molecule has 0 saturated heterocycles. The summed E-state index contributed by atoms with van der Waals surface area (Å²) in [5.41, 5.74) is 0.976. The molecule has 1 heterocycles. The fourth-order valence-electron chi connectivity index (χ4n) is 4.29. The highest BCUT2D eigenvalue weighted by Gasteiger charge is 2.32. The van der Waals surface area contributed by atoms with Crippen LogP contribution in [0, 0.1) is 0 Å². The number of rotatable bonds is 8. The Labute approximate surface area is 188 Å². The summed E-state index contributed by atoms with van der Waals surface area (Å²) in [4.78, 5) is 53.6. The van der Waals surface area contributed by atoms with Crippen LogP contribution < -0.4 is 0 Å². The molecule has 1 aliphatic heterocycles. The molecule has 0 aliphatic carbocycles. The highest BCUT2D eigenvalue weighted by atomic mass is 16.5. The van der Waals surface area contributed by atoms with Crippen molar-refractivity contribution in [3.8, 4) is 0 Å². The van der Waals surface area contributed by atoms with Crippen LogP contribution in [0.1, 0.15) is 68.2 Å². The van der Waals surface area contributed by atoms with Crippen molar-refractivity contribution in [3.05, 3.63) is 47.5 Å². The minimum Gasteiger partial charge on any atom is -0.453 e. The maximum atomic E-state index is 12.9. The molecule has 0 radical (unpaired) electrons. The third-order valence-electron chi connectivity index (χ3n) is 5.64. The summed E-state index contributed by atoms with van der Waals surface area (Å²) in [6, 6.07) is 10.7. The van der Waals surface area contributed by atoms with E-state index in [1.54, 1.807) is 36.1 Å². The molecule has 2 aromatic carbocycles. The van der Waals surface area contributed by atoms with E-state index in [1.807, 2.05) is 39.8 Å². The molecule has 3 amide bonds. The lowest BCUT2D eigenvalue weighted by Crippen LogP contribution is -2.47. The molecule has 1 unspecified atom stereocenters. The number of carbonyl (C=O) groups is 4. The number of ether oxygens (including phenoxy) is 1. The second-order valence-electron chi connectivity index (χ2n) is 8.64. The zero-order valence-corrected chi connectivity index (χ0v) is 19.3. The smallest absolute Gasteiger partial charge is 0.306 e. The van der Waals surface area contributed by atoms with Gasteiger partial charge in [0.05, 0.1) is 0 Å². The molecule has 0 N–H and O–H groups in total. The van der Waals surface area contributed by atoms with Gasteiger partial charge in [-0.2, -0.15) is 0 Å². The molecule has 1 aliphatic rings. The standard InChI is InChI=1S/C25H30N2O5/c1-15(2)27(16(3)4)23(29)17(5)32-21(28)13-8-14-26-24(30)19-11-6-9-18-10-7-12-20(22(18)19)25(26)31/h6-7,9-12,15-17H,8,13-14H2,1-5H3. The summed E-state index contributed by atoms with van der Waals surface area (Å²) in [7, 11) is 0. The first-order valence-electron chi connectivity index (χ1n) is 11.0. The van der Waals surface area contributed by atoms with E-state index in [9.17, 15) is 19.2 Å². The normalized spacial score (nSPS) is 14.3. The van der Waals surface area contributed by atoms with Crippen molar-refractivity contribution in [3.63, 3.8) is 0 Å². The Hall–Kier alpha value is -3.22. The SMILES string of the molecule is CC(OC(=O)CCCN1C(=O)c2cccc3cccc(c23)C1=O)C(=O)N(C(C)C)C(C)C. The molecular weight excluding hydrogens is 408 g/mol. The van der Waals surface area contributed by atoms with Gasteiger partial charge in [0.2, 0.25) is 0 Å². The Kier molecular flexibility index (Phi) is 6.96. The summed E-state index contributed by atoms with van der Waals surface area (Å²) in [6.07, 6.45) is -0.632. The van der Waals surface area contributed by atoms with Crippen molar-refractivity contribution in [1.29, 1.82) is 0 Å². The van der Waals surface area contributed by atoms with Crippen LogP contribution in [0.4, 0.5) is 0 Å². The summed E-state index contributed by atoms with van der Waals surface area (Å²) in [5, 5.41) is 1.52. The van der Waals surface area contributed by atoms with E-state index in [2.05, 4.69) is 0 Å². The van der Waals surface area contributed by atoms with E-state index in [-0.39, 0.29) is 49.2 Å². The van der Waals surface area contributed by atoms with Crippen molar-refractivity contribution < 1.29 is 23.9 Å². The van der Waals surface area contributed by atoms with E-state index in [4.69, 9.17) is 4.74 Å². The minimum atomic E-state index is -0.893. The molecule has 7 heteroatoms. The number of esters is 1. The van der Waals surface area contributed by atoms with Crippen molar-refractivity contribution in [2.45, 2.75) is 65.6 Å². The zero-order valence-electron chi connectivity index (χ0n) is 19.3. The Morgan fingerprint density at radius 3 is 1.94 bits per heavy atom. The lowest BCUT2D eigenvalue weighted by Gasteiger charge is -2.32. The molecule has 7 nitrogen and oxygen atoms in total. The zero-order chi connectivity index (χ0) is 23.6. The molecule has 0 saturated carbocycles. The fourth-order valence-corrected chi connectivity index (χ4v) is 4.29. The number of nitrogens with zero attached hydrogens (tertiary/aromatic N) is 2. The van der Waals surface area contributed by atoms with Gasteiger partial charge >= 0.3 is 5.97 Å². The van der Waals surface area contributed by atoms with Crippen LogP contribution in [-0.2, 0) is 14.3 Å². The maximum Gasteiger partial charge on any atom is 0.306 e. The summed E-state index contributed by atoms with van der Waals surface area (Å²) >= 11 is 0. The Morgan fingerprint density at radius 1 is 0.906 bits per heavy atom. The number of imide groups is 1. The molecule has 2 aromatic rings. The van der Waals surface area contributed by atoms with Crippen molar-refractivity contribution in [2.75, 3.05) is 6.54 Å². The minimum absolute atomic E-state index is 0.00385. The van der Waals surface area contributed by atoms with Crippen molar-refractivity contribution in [2.24, 2.45) is 0 Å². The van der Waals surface area contributed by atoms with Gasteiger partial charge in [-0.15, -0.1) is 0 Å². The third-order valence-corrected chi connectivity index (χ3v) is 5.64. The van der Waals surface area contributed by atoms with Gasteiger partial charge in [-0.1, -0.05) is 24.3 Å². The largest absolute Gasteiger partial charge is 0.453 e. The predicted octanol–water partition coefficient (Wildman–Crippen LogP) is 3.79. The Balaban J connectivity index is 1.60. The van der Waals surface area contributed by atoms with Crippen LogP contribution in [0.5, 0.6) is 0 Å². The first-order chi connectivity index (χ1) is 15.1. The second kappa shape index (κ2) is 9.51. The summed E-state index contributed by atoms with van der Waals surface area (Å²) in [6.45, 7) is 9.32. The van der Waals surface area contributed by atoms with Crippen molar-refractivity contribution >= 4 is 34.5 Å². The first kappa shape index (κ1) is 23.4. The second-order valence-corrected chi connectivity index (χ2v) is 8.64. The van der Waals surface area contributed by atoms with Gasteiger partial charge in [-0.3, -0.25) is 24.1 Å². The lowest BCUT2D eigenvalue weighted by molar-refractivity contribution is -0.161. The van der Waals surface area contributed by atoms with E-state index in [1.165, 1.54) is 4.90 Å². The highest BCUT2D eigenvalue weighted by molar-refractivity contribution is 6.25. The first-order valence-corrected chi connectivity index (χ1v) is 11.0. The summed E-state index contributed by atoms with van der Waals surface area (Å²) in [5.74, 6) is -1.49. The van der Waals surface area contributed by atoms with E-state index >= 15 is 0 Å². The Bertz CT molecular complexity index is 1000. The monoisotopic (exact) mass is 438 g/mol. The van der Waals surface area contributed by atoms with Crippen molar-refractivity contribution in [1.82, 2.24) is 9.80 Å². The van der Waals surface area contributed by atoms with Crippen LogP contribution in [-0.4, -0.2) is 58.2 Å².